The number of fused-ring (bicyclic) bond motifs is 2. The normalized spacial score (nSPS) is 20.6. The number of carbonyl (C=O) groups is 4. The van der Waals surface area contributed by atoms with Crippen LogP contribution in [0.15, 0.2) is 24.8 Å². The number of amides is 4. The highest BCUT2D eigenvalue weighted by Crippen LogP contribution is 2.40. The average molecular weight is 817 g/mol. The van der Waals surface area contributed by atoms with E-state index in [2.05, 4.69) is 52.7 Å². The van der Waals surface area contributed by atoms with Crippen molar-refractivity contribution in [3.8, 4) is 12.1 Å². The Morgan fingerprint density at radius 3 is 1.38 bits per heavy atom. The summed E-state index contributed by atoms with van der Waals surface area (Å²) in [6, 6.07) is 3.13. The molecule has 4 N–H and O–H groups in total. The van der Waals surface area contributed by atoms with Crippen LogP contribution in [0.3, 0.4) is 0 Å². The Balaban J connectivity index is 0.000000181. The predicted molar refractivity (Wildman–Crippen MR) is 223 cm³/mol. The molecule has 2 aliphatic carbocycles. The summed E-state index contributed by atoms with van der Waals surface area (Å²) >= 11 is 0. The fourth-order valence-corrected chi connectivity index (χ4v) is 7.95. The maximum atomic E-state index is 13.3. The van der Waals surface area contributed by atoms with Crippen molar-refractivity contribution in [1.82, 2.24) is 50.3 Å². The molecule has 6 heterocycles. The van der Waals surface area contributed by atoms with Crippen molar-refractivity contribution in [3.05, 3.63) is 47.3 Å². The summed E-state index contributed by atoms with van der Waals surface area (Å²) in [5.74, 6) is -0.392. The number of H-pyrrole nitrogens is 2. The van der Waals surface area contributed by atoms with Crippen molar-refractivity contribution in [3.63, 3.8) is 0 Å². The minimum atomic E-state index is -0.702. The maximum Gasteiger partial charge on any atom is 0.255 e. The van der Waals surface area contributed by atoms with Crippen LogP contribution in [-0.4, -0.2) is 102 Å². The predicted octanol–water partition coefficient (Wildman–Crippen LogP) is 5.48. The first kappa shape index (κ1) is 42.2. The summed E-state index contributed by atoms with van der Waals surface area (Å²) in [7, 11) is 0. The number of likely N-dealkylation sites (tertiary alicyclic amines) is 2. The zero-order valence-corrected chi connectivity index (χ0v) is 35.5. The Bertz CT molecular complexity index is 2190. The Morgan fingerprint density at radius 2 is 1.05 bits per heavy atom. The standard InChI is InChI=1S/2C22H28N6O2/c2*1-22(2,3)18(21(30)28-8-4-5-13(9-23)12-28)27-20(29)15-10-24-19-17(15)26-16(11-25-19)14-6-7-14/h2*10-11,13-14,18H,4-8,12H2,1-3H3,(H,24,25)(H,27,29)/t13-,18+;13-,18-/m10/s1. The number of hydrogen-bond acceptors (Lipinski definition) is 10. The smallest absolute Gasteiger partial charge is 0.255 e. The first-order chi connectivity index (χ1) is 28.5. The van der Waals surface area contributed by atoms with E-state index in [1.54, 1.807) is 34.6 Å². The van der Waals surface area contributed by atoms with E-state index in [4.69, 9.17) is 0 Å². The topological polar surface area (TPSA) is 230 Å². The fraction of sp³-hybridized carbons (Fsp3) is 0.591. The minimum Gasteiger partial charge on any atom is -0.344 e. The van der Waals surface area contributed by atoms with Crippen LogP contribution >= 0.6 is 0 Å². The van der Waals surface area contributed by atoms with Crippen LogP contribution in [-0.2, 0) is 9.59 Å². The molecule has 0 unspecified atom stereocenters. The van der Waals surface area contributed by atoms with Gasteiger partial charge >= 0.3 is 0 Å². The zero-order chi connectivity index (χ0) is 42.9. The lowest BCUT2D eigenvalue weighted by Crippen LogP contribution is -2.56. The number of hydrogen-bond donors (Lipinski definition) is 4. The van der Waals surface area contributed by atoms with Crippen LogP contribution in [0.5, 0.6) is 0 Å². The Labute approximate surface area is 350 Å². The Morgan fingerprint density at radius 1 is 0.667 bits per heavy atom. The van der Waals surface area contributed by atoms with E-state index in [0.717, 1.165) is 62.8 Å². The molecule has 16 nitrogen and oxygen atoms in total. The van der Waals surface area contributed by atoms with E-state index in [1.807, 2.05) is 41.5 Å². The van der Waals surface area contributed by atoms with Gasteiger partial charge < -0.3 is 30.4 Å². The van der Waals surface area contributed by atoms with Crippen LogP contribution in [0.25, 0.3) is 22.3 Å². The number of nitrogens with zero attached hydrogens (tertiary/aromatic N) is 8. The van der Waals surface area contributed by atoms with Crippen LogP contribution in [0.1, 0.15) is 137 Å². The van der Waals surface area contributed by atoms with E-state index in [-0.39, 0.29) is 35.5 Å². The van der Waals surface area contributed by atoms with Crippen LogP contribution in [0, 0.1) is 45.3 Å². The maximum absolute atomic E-state index is 13.3. The molecule has 4 amide bonds. The van der Waals surface area contributed by atoms with Crippen LogP contribution in [0.2, 0.25) is 0 Å². The van der Waals surface area contributed by atoms with Gasteiger partial charge in [0, 0.05) is 50.4 Å². The van der Waals surface area contributed by atoms with Gasteiger partial charge in [-0.05, 0) is 62.2 Å². The minimum absolute atomic E-state index is 0.139. The van der Waals surface area contributed by atoms with E-state index < -0.39 is 22.9 Å². The molecule has 4 aromatic heterocycles. The van der Waals surface area contributed by atoms with Gasteiger partial charge in [-0.2, -0.15) is 10.5 Å². The molecule has 2 saturated heterocycles. The second-order valence-electron chi connectivity index (χ2n) is 19.0. The molecule has 4 aromatic rings. The third-order valence-electron chi connectivity index (χ3n) is 11.9. The summed E-state index contributed by atoms with van der Waals surface area (Å²) in [5, 5.41) is 24.4. The van der Waals surface area contributed by atoms with Crippen LogP contribution < -0.4 is 10.6 Å². The van der Waals surface area contributed by atoms with Crippen molar-refractivity contribution in [2.24, 2.45) is 22.7 Å². The molecule has 0 aromatic carbocycles. The molecule has 60 heavy (non-hydrogen) atoms. The number of rotatable bonds is 8. The molecule has 0 spiro atoms. The number of nitrogens with one attached hydrogen (secondary N) is 4. The van der Waals surface area contributed by atoms with Crippen LogP contribution in [0.4, 0.5) is 0 Å². The second kappa shape index (κ2) is 17.0. The molecule has 2 aliphatic heterocycles. The van der Waals surface area contributed by atoms with Crippen molar-refractivity contribution in [2.45, 2.75) is 117 Å². The highest BCUT2D eigenvalue weighted by Gasteiger charge is 2.40. The van der Waals surface area contributed by atoms with Gasteiger partial charge in [0.05, 0.1) is 58.9 Å². The van der Waals surface area contributed by atoms with Crippen molar-refractivity contribution >= 4 is 46.0 Å². The molecule has 2 saturated carbocycles. The first-order valence-corrected chi connectivity index (χ1v) is 21.2. The van der Waals surface area contributed by atoms with Gasteiger partial charge in [0.25, 0.3) is 11.8 Å². The lowest BCUT2D eigenvalue weighted by Gasteiger charge is -2.37. The van der Waals surface area contributed by atoms with Gasteiger partial charge in [-0.25, -0.2) is 19.9 Å². The largest absolute Gasteiger partial charge is 0.344 e. The number of aromatic amines is 2. The molecule has 0 bridgehead atoms. The number of nitriles is 2. The average Bonchev–Trinajstić information content (AvgIpc) is 4.18. The lowest BCUT2D eigenvalue weighted by atomic mass is 9.85. The SMILES string of the molecule is CC(C)(C)[C@@H](NC(=O)c1c[nH]c2ncc(C3CC3)nc12)C(=O)N1CCC[C@@H](C#N)C1.CC(C)(C)[C@@H](NC(=O)c1c[nH]c2ncc(C3CC3)nc12)C(=O)N1CCC[C@H](C#N)C1. The van der Waals surface area contributed by atoms with Crippen molar-refractivity contribution in [2.75, 3.05) is 26.2 Å². The third-order valence-corrected chi connectivity index (χ3v) is 11.9. The van der Waals surface area contributed by atoms with Gasteiger partial charge in [0.15, 0.2) is 11.3 Å². The molecular formula is C44H56N12O4. The highest BCUT2D eigenvalue weighted by atomic mass is 16.2. The number of piperidine rings is 2. The van der Waals surface area contributed by atoms with E-state index in [0.29, 0.717) is 71.5 Å². The monoisotopic (exact) mass is 816 g/mol. The van der Waals surface area contributed by atoms with E-state index in [9.17, 15) is 29.7 Å². The lowest BCUT2D eigenvalue weighted by molar-refractivity contribution is -0.138. The second-order valence-corrected chi connectivity index (χ2v) is 19.0. The van der Waals surface area contributed by atoms with Gasteiger partial charge in [-0.3, -0.25) is 19.2 Å². The summed E-state index contributed by atoms with van der Waals surface area (Å²) in [4.78, 5) is 80.5. The van der Waals surface area contributed by atoms with Crippen molar-refractivity contribution in [1.29, 1.82) is 10.5 Å². The summed E-state index contributed by atoms with van der Waals surface area (Å²) < 4.78 is 0. The summed E-state index contributed by atoms with van der Waals surface area (Å²) in [6.45, 7) is 13.7. The quantitative estimate of drug-likeness (QED) is 0.175. The summed E-state index contributed by atoms with van der Waals surface area (Å²) in [6.07, 6.45) is 14.4. The Kier molecular flexibility index (Phi) is 12.0. The highest BCUT2D eigenvalue weighted by molar-refractivity contribution is 6.07. The fourth-order valence-electron chi connectivity index (χ4n) is 7.95. The van der Waals surface area contributed by atoms with E-state index in [1.165, 1.54) is 0 Å². The number of carbonyl (C=O) groups excluding carboxylic acids is 4. The Hall–Kier alpha value is -5.90. The van der Waals surface area contributed by atoms with E-state index >= 15 is 0 Å². The molecule has 16 heteroatoms. The third kappa shape index (κ3) is 9.43. The van der Waals surface area contributed by atoms with Gasteiger partial charge in [-0.15, -0.1) is 0 Å². The summed E-state index contributed by atoms with van der Waals surface area (Å²) in [5.41, 5.74) is 3.87. The molecule has 4 fully saturated rings. The first-order valence-electron chi connectivity index (χ1n) is 21.2. The molecule has 0 radical (unpaired) electrons. The molecule has 4 atom stereocenters. The van der Waals surface area contributed by atoms with Gasteiger partial charge in [0.1, 0.15) is 23.1 Å². The molecule has 4 aliphatic rings. The number of aromatic nitrogens is 6. The van der Waals surface area contributed by atoms with Crippen molar-refractivity contribution < 1.29 is 19.2 Å². The molecular weight excluding hydrogens is 761 g/mol. The van der Waals surface area contributed by atoms with Gasteiger partial charge in [0.2, 0.25) is 11.8 Å². The molecule has 8 rings (SSSR count). The van der Waals surface area contributed by atoms with Gasteiger partial charge in [-0.1, -0.05) is 41.5 Å². The zero-order valence-electron chi connectivity index (χ0n) is 35.5. The molecule has 316 valence electrons.